The van der Waals surface area contributed by atoms with E-state index in [1.807, 2.05) is 17.5 Å². The molecule has 0 aliphatic rings. The number of thiophene rings is 2. The Balaban J connectivity index is 1.90. The molecule has 17 heavy (non-hydrogen) atoms. The Kier molecular flexibility index (Phi) is 2.78. The Morgan fingerprint density at radius 3 is 3.00 bits per heavy atom. The van der Waals surface area contributed by atoms with Gasteiger partial charge >= 0.3 is 0 Å². The summed E-state index contributed by atoms with van der Waals surface area (Å²) < 4.78 is 2.44. The second-order valence-corrected chi connectivity index (χ2v) is 5.66. The van der Waals surface area contributed by atoms with Crippen LogP contribution in [0.5, 0.6) is 0 Å². The highest BCUT2D eigenvalue weighted by Gasteiger charge is 2.05. The van der Waals surface area contributed by atoms with Gasteiger partial charge < -0.3 is 0 Å². The van der Waals surface area contributed by atoms with Crippen molar-refractivity contribution in [2.24, 2.45) is 0 Å². The molecule has 0 radical (unpaired) electrons. The SMILES string of the molecule is O=c1c2sccc2ncn1CCc1cccs1. The van der Waals surface area contributed by atoms with Crippen molar-refractivity contribution in [2.45, 2.75) is 13.0 Å². The average Bonchev–Trinajstić information content (AvgIpc) is 2.99. The van der Waals surface area contributed by atoms with Crippen LogP contribution in [0.4, 0.5) is 0 Å². The van der Waals surface area contributed by atoms with Crippen molar-refractivity contribution in [1.29, 1.82) is 0 Å². The Bertz CT molecular complexity index is 682. The quantitative estimate of drug-likeness (QED) is 0.727. The van der Waals surface area contributed by atoms with Gasteiger partial charge in [-0.25, -0.2) is 4.98 Å². The molecule has 3 rings (SSSR count). The van der Waals surface area contributed by atoms with E-state index in [0.29, 0.717) is 6.54 Å². The van der Waals surface area contributed by atoms with E-state index in [1.54, 1.807) is 22.2 Å². The molecule has 0 aliphatic heterocycles. The van der Waals surface area contributed by atoms with E-state index in [1.165, 1.54) is 16.2 Å². The molecule has 0 unspecified atom stereocenters. The molecule has 0 aliphatic carbocycles. The first kappa shape index (κ1) is 10.7. The molecule has 0 spiro atoms. The largest absolute Gasteiger partial charge is 0.298 e. The fourth-order valence-electron chi connectivity index (χ4n) is 1.72. The maximum absolute atomic E-state index is 12.1. The molecular weight excluding hydrogens is 252 g/mol. The number of rotatable bonds is 3. The summed E-state index contributed by atoms with van der Waals surface area (Å²) in [4.78, 5) is 17.7. The van der Waals surface area contributed by atoms with E-state index in [2.05, 4.69) is 16.4 Å². The summed E-state index contributed by atoms with van der Waals surface area (Å²) in [6, 6.07) is 6.00. The number of fused-ring (bicyclic) bond motifs is 1. The normalized spacial score (nSPS) is 11.1. The van der Waals surface area contributed by atoms with Gasteiger partial charge in [-0.15, -0.1) is 22.7 Å². The lowest BCUT2D eigenvalue weighted by atomic mass is 10.3. The van der Waals surface area contributed by atoms with Gasteiger partial charge in [-0.2, -0.15) is 0 Å². The summed E-state index contributed by atoms with van der Waals surface area (Å²) in [5.41, 5.74) is 0.869. The highest BCUT2D eigenvalue weighted by Crippen LogP contribution is 2.14. The van der Waals surface area contributed by atoms with Gasteiger partial charge in [0.2, 0.25) is 0 Å². The molecule has 0 bridgehead atoms. The molecule has 0 amide bonds. The van der Waals surface area contributed by atoms with Crippen LogP contribution in [0.15, 0.2) is 40.1 Å². The number of aryl methyl sites for hydroxylation is 2. The molecule has 0 saturated heterocycles. The summed E-state index contributed by atoms with van der Waals surface area (Å²) in [7, 11) is 0. The van der Waals surface area contributed by atoms with Crippen LogP contribution in [0.25, 0.3) is 10.2 Å². The zero-order valence-electron chi connectivity index (χ0n) is 9.00. The monoisotopic (exact) mass is 262 g/mol. The van der Waals surface area contributed by atoms with Crippen LogP contribution in [0, 0.1) is 0 Å². The van der Waals surface area contributed by atoms with E-state index in [4.69, 9.17) is 0 Å². The summed E-state index contributed by atoms with van der Waals surface area (Å²) >= 11 is 3.18. The van der Waals surface area contributed by atoms with Crippen LogP contribution >= 0.6 is 22.7 Å². The predicted octanol–water partition coefficient (Wildman–Crippen LogP) is 2.76. The van der Waals surface area contributed by atoms with Gasteiger partial charge in [-0.05, 0) is 29.3 Å². The Morgan fingerprint density at radius 1 is 1.24 bits per heavy atom. The summed E-state index contributed by atoms with van der Waals surface area (Å²) in [6.45, 7) is 0.695. The molecule has 0 saturated carbocycles. The van der Waals surface area contributed by atoms with Crippen molar-refractivity contribution in [3.05, 3.63) is 50.5 Å². The highest BCUT2D eigenvalue weighted by atomic mass is 32.1. The lowest BCUT2D eigenvalue weighted by Gasteiger charge is -2.03. The Morgan fingerprint density at radius 2 is 2.18 bits per heavy atom. The minimum Gasteiger partial charge on any atom is -0.298 e. The van der Waals surface area contributed by atoms with Crippen LogP contribution in [0.2, 0.25) is 0 Å². The lowest BCUT2D eigenvalue weighted by Crippen LogP contribution is -2.20. The van der Waals surface area contributed by atoms with E-state index < -0.39 is 0 Å². The molecule has 0 atom stereocenters. The number of hydrogen-bond donors (Lipinski definition) is 0. The minimum atomic E-state index is 0.0709. The van der Waals surface area contributed by atoms with Crippen LogP contribution in [-0.4, -0.2) is 9.55 Å². The number of aromatic nitrogens is 2. The third-order valence-electron chi connectivity index (χ3n) is 2.61. The van der Waals surface area contributed by atoms with Gasteiger partial charge in [-0.3, -0.25) is 9.36 Å². The van der Waals surface area contributed by atoms with Crippen molar-refractivity contribution < 1.29 is 0 Å². The second-order valence-electron chi connectivity index (χ2n) is 3.71. The molecule has 5 heteroatoms. The van der Waals surface area contributed by atoms with Crippen LogP contribution in [0.1, 0.15) is 4.88 Å². The van der Waals surface area contributed by atoms with Gasteiger partial charge in [0, 0.05) is 11.4 Å². The summed E-state index contributed by atoms with van der Waals surface area (Å²) in [5, 5.41) is 3.96. The van der Waals surface area contributed by atoms with E-state index >= 15 is 0 Å². The highest BCUT2D eigenvalue weighted by molar-refractivity contribution is 7.17. The molecule has 3 nitrogen and oxygen atoms in total. The van der Waals surface area contributed by atoms with Gasteiger partial charge in [-0.1, -0.05) is 6.07 Å². The predicted molar refractivity (Wildman–Crippen MR) is 71.9 cm³/mol. The molecule has 3 aromatic heterocycles. The molecular formula is C12H10N2OS2. The maximum atomic E-state index is 12.1. The minimum absolute atomic E-state index is 0.0709. The molecule has 0 N–H and O–H groups in total. The van der Waals surface area contributed by atoms with Crippen LogP contribution in [0.3, 0.4) is 0 Å². The first-order valence-corrected chi connectivity index (χ1v) is 7.05. The molecule has 86 valence electrons. The summed E-state index contributed by atoms with van der Waals surface area (Å²) in [6.07, 6.45) is 2.53. The van der Waals surface area contributed by atoms with Crippen molar-refractivity contribution >= 4 is 32.9 Å². The average molecular weight is 262 g/mol. The number of hydrogen-bond acceptors (Lipinski definition) is 4. The van der Waals surface area contributed by atoms with Crippen molar-refractivity contribution in [2.75, 3.05) is 0 Å². The standard InChI is InChI=1S/C12H10N2OS2/c15-12-11-10(4-7-17-11)13-8-14(12)5-3-9-2-1-6-16-9/h1-2,4,6-8H,3,5H2. The van der Waals surface area contributed by atoms with E-state index in [-0.39, 0.29) is 5.56 Å². The molecule has 3 aromatic rings. The van der Waals surface area contributed by atoms with Crippen molar-refractivity contribution in [3.8, 4) is 0 Å². The maximum Gasteiger partial charge on any atom is 0.271 e. The number of nitrogens with zero attached hydrogens (tertiary/aromatic N) is 2. The van der Waals surface area contributed by atoms with E-state index in [9.17, 15) is 4.79 Å². The zero-order valence-corrected chi connectivity index (χ0v) is 10.6. The Labute approximate surface area is 106 Å². The molecule has 0 fully saturated rings. The fraction of sp³-hybridized carbons (Fsp3) is 0.167. The first-order valence-electron chi connectivity index (χ1n) is 5.29. The Hall–Kier alpha value is -1.46. The van der Waals surface area contributed by atoms with Crippen LogP contribution in [-0.2, 0) is 13.0 Å². The fourth-order valence-corrected chi connectivity index (χ4v) is 3.21. The third kappa shape index (κ3) is 2.03. The molecule has 0 aromatic carbocycles. The third-order valence-corrected chi connectivity index (χ3v) is 4.44. The lowest BCUT2D eigenvalue weighted by molar-refractivity contribution is 0.668. The smallest absolute Gasteiger partial charge is 0.271 e. The van der Waals surface area contributed by atoms with E-state index in [0.717, 1.165) is 16.6 Å². The van der Waals surface area contributed by atoms with Crippen LogP contribution < -0.4 is 5.56 Å². The van der Waals surface area contributed by atoms with Crippen molar-refractivity contribution in [3.63, 3.8) is 0 Å². The first-order chi connectivity index (χ1) is 8.34. The van der Waals surface area contributed by atoms with Gasteiger partial charge in [0.15, 0.2) is 0 Å². The zero-order chi connectivity index (χ0) is 11.7. The van der Waals surface area contributed by atoms with Gasteiger partial charge in [0.1, 0.15) is 4.70 Å². The molecule has 3 heterocycles. The van der Waals surface area contributed by atoms with Gasteiger partial charge in [0.25, 0.3) is 5.56 Å². The topological polar surface area (TPSA) is 34.9 Å². The van der Waals surface area contributed by atoms with Gasteiger partial charge in [0.05, 0.1) is 11.8 Å². The van der Waals surface area contributed by atoms with Crippen molar-refractivity contribution in [1.82, 2.24) is 9.55 Å². The summed E-state index contributed by atoms with van der Waals surface area (Å²) in [5.74, 6) is 0. The second kappa shape index (κ2) is 4.43.